The van der Waals surface area contributed by atoms with E-state index in [4.69, 9.17) is 0 Å². The standard InChI is InChI=1S/C15H17NS/c1-16(2)12-13-8-6-7-11-15(13)17-14-9-4-3-5-10-14/h3-11H,12H2,1-2H3/p+1. The van der Waals surface area contributed by atoms with Crippen molar-refractivity contribution in [2.24, 2.45) is 0 Å². The zero-order chi connectivity index (χ0) is 12.1. The van der Waals surface area contributed by atoms with Crippen molar-refractivity contribution in [3.05, 3.63) is 60.2 Å². The number of rotatable bonds is 4. The third-order valence-electron chi connectivity index (χ3n) is 2.49. The summed E-state index contributed by atoms with van der Waals surface area (Å²) in [4.78, 5) is 4.11. The molecule has 17 heavy (non-hydrogen) atoms. The summed E-state index contributed by atoms with van der Waals surface area (Å²) in [5, 5.41) is 0. The van der Waals surface area contributed by atoms with Gasteiger partial charge >= 0.3 is 0 Å². The maximum Gasteiger partial charge on any atom is 0.103 e. The Kier molecular flexibility index (Phi) is 4.24. The zero-order valence-electron chi connectivity index (χ0n) is 10.3. The van der Waals surface area contributed by atoms with Gasteiger partial charge in [0.25, 0.3) is 0 Å². The largest absolute Gasteiger partial charge is 0.336 e. The molecule has 0 fully saturated rings. The predicted octanol–water partition coefficient (Wildman–Crippen LogP) is 2.48. The van der Waals surface area contributed by atoms with Crippen LogP contribution in [0.1, 0.15) is 5.56 Å². The topological polar surface area (TPSA) is 4.44 Å². The minimum atomic E-state index is 1.07. The lowest BCUT2D eigenvalue weighted by molar-refractivity contribution is -0.872. The SMILES string of the molecule is C[NH+](C)Cc1ccccc1Sc1ccccc1. The first kappa shape index (κ1) is 12.2. The molecule has 0 spiro atoms. The molecule has 0 aromatic heterocycles. The smallest absolute Gasteiger partial charge is 0.103 e. The highest BCUT2D eigenvalue weighted by atomic mass is 32.2. The van der Waals surface area contributed by atoms with Crippen molar-refractivity contribution in [3.63, 3.8) is 0 Å². The van der Waals surface area contributed by atoms with Crippen LogP contribution in [-0.4, -0.2) is 14.1 Å². The number of hydrogen-bond acceptors (Lipinski definition) is 1. The van der Waals surface area contributed by atoms with Crippen LogP contribution in [0.25, 0.3) is 0 Å². The molecule has 0 aliphatic carbocycles. The van der Waals surface area contributed by atoms with Gasteiger partial charge in [-0.05, 0) is 18.2 Å². The van der Waals surface area contributed by atoms with Gasteiger partial charge < -0.3 is 4.90 Å². The Labute approximate surface area is 107 Å². The molecule has 2 rings (SSSR count). The van der Waals surface area contributed by atoms with Crippen molar-refractivity contribution < 1.29 is 4.90 Å². The molecule has 0 saturated heterocycles. The van der Waals surface area contributed by atoms with Crippen molar-refractivity contribution >= 4 is 11.8 Å². The van der Waals surface area contributed by atoms with Gasteiger partial charge in [0.05, 0.1) is 14.1 Å². The van der Waals surface area contributed by atoms with Crippen molar-refractivity contribution in [1.29, 1.82) is 0 Å². The highest BCUT2D eigenvalue weighted by Gasteiger charge is 2.06. The summed E-state index contributed by atoms with van der Waals surface area (Å²) >= 11 is 1.84. The van der Waals surface area contributed by atoms with Gasteiger partial charge in [0.2, 0.25) is 0 Å². The van der Waals surface area contributed by atoms with E-state index in [0.717, 1.165) is 6.54 Å². The number of benzene rings is 2. The Balaban J connectivity index is 2.20. The van der Waals surface area contributed by atoms with Gasteiger partial charge in [0.1, 0.15) is 6.54 Å². The number of hydrogen-bond donors (Lipinski definition) is 1. The molecule has 0 amide bonds. The molecule has 0 saturated carbocycles. The van der Waals surface area contributed by atoms with E-state index in [1.165, 1.54) is 20.3 Å². The molecule has 0 bridgehead atoms. The molecule has 2 aromatic carbocycles. The van der Waals surface area contributed by atoms with Crippen LogP contribution in [0, 0.1) is 0 Å². The van der Waals surface area contributed by atoms with Crippen molar-refractivity contribution in [2.75, 3.05) is 14.1 Å². The van der Waals surface area contributed by atoms with E-state index < -0.39 is 0 Å². The highest BCUT2D eigenvalue weighted by molar-refractivity contribution is 7.99. The van der Waals surface area contributed by atoms with E-state index in [1.54, 1.807) is 0 Å². The van der Waals surface area contributed by atoms with Crippen LogP contribution in [0.3, 0.4) is 0 Å². The molecule has 0 atom stereocenters. The molecule has 0 heterocycles. The summed E-state index contributed by atoms with van der Waals surface area (Å²) in [6, 6.07) is 19.2. The molecule has 1 nitrogen and oxygen atoms in total. The fourth-order valence-corrected chi connectivity index (χ4v) is 2.71. The average molecular weight is 244 g/mol. The van der Waals surface area contributed by atoms with Gasteiger partial charge in [-0.1, -0.05) is 48.2 Å². The van der Waals surface area contributed by atoms with Crippen LogP contribution >= 0.6 is 11.8 Å². The van der Waals surface area contributed by atoms with E-state index in [-0.39, 0.29) is 0 Å². The van der Waals surface area contributed by atoms with Crippen LogP contribution < -0.4 is 4.90 Å². The Morgan fingerprint density at radius 2 is 1.53 bits per heavy atom. The lowest BCUT2D eigenvalue weighted by atomic mass is 10.2. The quantitative estimate of drug-likeness (QED) is 0.866. The molecule has 2 heteroatoms. The fraction of sp³-hybridized carbons (Fsp3) is 0.200. The molecule has 0 radical (unpaired) electrons. The highest BCUT2D eigenvalue weighted by Crippen LogP contribution is 2.29. The van der Waals surface area contributed by atoms with Gasteiger partial charge in [-0.15, -0.1) is 0 Å². The second kappa shape index (κ2) is 5.89. The summed E-state index contributed by atoms with van der Waals surface area (Å²) in [7, 11) is 4.37. The molecule has 88 valence electrons. The molecular formula is C15H18NS+. The Hall–Kier alpha value is -1.25. The zero-order valence-corrected chi connectivity index (χ0v) is 11.1. The summed E-state index contributed by atoms with van der Waals surface area (Å²) in [6.07, 6.45) is 0. The summed E-state index contributed by atoms with van der Waals surface area (Å²) in [6.45, 7) is 1.07. The van der Waals surface area contributed by atoms with Gasteiger partial charge in [0.15, 0.2) is 0 Å². The van der Waals surface area contributed by atoms with E-state index >= 15 is 0 Å². The molecular weight excluding hydrogens is 226 g/mol. The summed E-state index contributed by atoms with van der Waals surface area (Å²) < 4.78 is 0. The van der Waals surface area contributed by atoms with E-state index in [9.17, 15) is 0 Å². The first-order chi connectivity index (χ1) is 8.25. The minimum absolute atomic E-state index is 1.07. The maximum atomic E-state index is 2.22. The second-order valence-corrected chi connectivity index (χ2v) is 5.52. The second-order valence-electron chi connectivity index (χ2n) is 4.41. The maximum absolute atomic E-state index is 2.22. The van der Waals surface area contributed by atoms with E-state index in [2.05, 4.69) is 68.7 Å². The monoisotopic (exact) mass is 244 g/mol. The Morgan fingerprint density at radius 3 is 2.24 bits per heavy atom. The van der Waals surface area contributed by atoms with Crippen molar-refractivity contribution in [2.45, 2.75) is 16.3 Å². The van der Waals surface area contributed by atoms with Crippen molar-refractivity contribution in [3.8, 4) is 0 Å². The van der Waals surface area contributed by atoms with Crippen LogP contribution in [0.4, 0.5) is 0 Å². The number of nitrogens with one attached hydrogen (secondary N) is 1. The lowest BCUT2D eigenvalue weighted by Gasteiger charge is -2.11. The van der Waals surface area contributed by atoms with Crippen LogP contribution in [-0.2, 0) is 6.54 Å². The lowest BCUT2D eigenvalue weighted by Crippen LogP contribution is -3.04. The molecule has 1 N–H and O–H groups in total. The van der Waals surface area contributed by atoms with E-state index in [0.29, 0.717) is 0 Å². The van der Waals surface area contributed by atoms with Crippen LogP contribution in [0.15, 0.2) is 64.4 Å². The molecule has 0 aliphatic rings. The third-order valence-corrected chi connectivity index (χ3v) is 3.61. The van der Waals surface area contributed by atoms with Crippen molar-refractivity contribution in [1.82, 2.24) is 0 Å². The molecule has 0 unspecified atom stereocenters. The summed E-state index contributed by atoms with van der Waals surface area (Å²) in [5.41, 5.74) is 1.42. The third kappa shape index (κ3) is 3.62. The Bertz CT molecular complexity index is 465. The first-order valence-electron chi connectivity index (χ1n) is 5.85. The van der Waals surface area contributed by atoms with Gasteiger partial charge in [-0.25, -0.2) is 0 Å². The molecule has 2 aromatic rings. The normalized spacial score (nSPS) is 10.8. The van der Waals surface area contributed by atoms with E-state index in [1.807, 2.05) is 11.8 Å². The summed E-state index contributed by atoms with van der Waals surface area (Å²) in [5.74, 6) is 0. The first-order valence-corrected chi connectivity index (χ1v) is 6.67. The predicted molar refractivity (Wildman–Crippen MR) is 73.5 cm³/mol. The minimum Gasteiger partial charge on any atom is -0.336 e. The molecule has 0 aliphatic heterocycles. The van der Waals surface area contributed by atoms with Crippen LogP contribution in [0.2, 0.25) is 0 Å². The van der Waals surface area contributed by atoms with Gasteiger partial charge in [-0.3, -0.25) is 0 Å². The van der Waals surface area contributed by atoms with Gasteiger partial charge in [0, 0.05) is 15.4 Å². The van der Waals surface area contributed by atoms with Gasteiger partial charge in [-0.2, -0.15) is 0 Å². The Morgan fingerprint density at radius 1 is 0.882 bits per heavy atom. The average Bonchev–Trinajstić information content (AvgIpc) is 2.32. The fourth-order valence-electron chi connectivity index (χ4n) is 1.75. The number of quaternary nitrogens is 1. The van der Waals surface area contributed by atoms with Crippen LogP contribution in [0.5, 0.6) is 0 Å².